The van der Waals surface area contributed by atoms with Crippen molar-refractivity contribution in [3.63, 3.8) is 0 Å². The summed E-state index contributed by atoms with van der Waals surface area (Å²) >= 11 is 0. The van der Waals surface area contributed by atoms with E-state index in [1.807, 2.05) is 32.9 Å². The molecule has 0 fully saturated rings. The van der Waals surface area contributed by atoms with Crippen LogP contribution in [0.1, 0.15) is 41.5 Å². The van der Waals surface area contributed by atoms with Gasteiger partial charge in [-0.3, -0.25) is 9.59 Å². The Morgan fingerprint density at radius 3 is 2.11 bits per heavy atom. The van der Waals surface area contributed by atoms with Gasteiger partial charge in [-0.2, -0.15) is 0 Å². The number of carbonyl (C=O) groups is 3. The molecule has 0 N–H and O–H groups in total. The van der Waals surface area contributed by atoms with Crippen LogP contribution < -0.4 is 0 Å². The second kappa shape index (κ2) is 10.9. The first-order chi connectivity index (χ1) is 12.6. The summed E-state index contributed by atoms with van der Waals surface area (Å²) in [5.41, 5.74) is 0. The van der Waals surface area contributed by atoms with Gasteiger partial charge in [0.1, 0.15) is 6.61 Å². The van der Waals surface area contributed by atoms with Crippen LogP contribution in [0.5, 0.6) is 0 Å². The van der Waals surface area contributed by atoms with E-state index in [1.165, 1.54) is 13.8 Å². The van der Waals surface area contributed by atoms with Crippen molar-refractivity contribution in [2.75, 3.05) is 13.2 Å². The summed E-state index contributed by atoms with van der Waals surface area (Å²) in [5, 5.41) is 0. The summed E-state index contributed by atoms with van der Waals surface area (Å²) in [5.74, 6) is -1.35. The summed E-state index contributed by atoms with van der Waals surface area (Å²) in [6.07, 6.45) is 1.06. The van der Waals surface area contributed by atoms with Crippen molar-refractivity contribution in [2.24, 2.45) is 17.8 Å². The van der Waals surface area contributed by atoms with Gasteiger partial charge in [0.05, 0.1) is 24.7 Å². The predicted molar refractivity (Wildman–Crippen MR) is 95.6 cm³/mol. The first-order valence-electron chi connectivity index (χ1n) is 9.07. The van der Waals surface area contributed by atoms with Gasteiger partial charge in [-0.1, -0.05) is 39.8 Å². The van der Waals surface area contributed by atoms with Gasteiger partial charge in [0.25, 0.3) is 6.29 Å². The topological polar surface area (TPSA) is 97.4 Å². The molecular formula is C19H30O8. The van der Waals surface area contributed by atoms with E-state index in [2.05, 4.69) is 0 Å². The molecule has 1 aliphatic heterocycles. The third kappa shape index (κ3) is 8.43. The van der Waals surface area contributed by atoms with E-state index in [9.17, 15) is 14.4 Å². The minimum absolute atomic E-state index is 0.00671. The van der Waals surface area contributed by atoms with Crippen molar-refractivity contribution in [3.05, 3.63) is 12.2 Å². The molecule has 0 amide bonds. The highest BCUT2D eigenvalue weighted by Gasteiger charge is 2.35. The van der Waals surface area contributed by atoms with E-state index >= 15 is 0 Å². The molecule has 27 heavy (non-hydrogen) atoms. The van der Waals surface area contributed by atoms with Gasteiger partial charge in [0.2, 0.25) is 0 Å². The Labute approximate surface area is 160 Å². The van der Waals surface area contributed by atoms with Crippen LogP contribution in [0.2, 0.25) is 0 Å². The van der Waals surface area contributed by atoms with Crippen LogP contribution in [-0.4, -0.2) is 49.8 Å². The molecule has 0 spiro atoms. The molecule has 0 unspecified atom stereocenters. The van der Waals surface area contributed by atoms with E-state index in [-0.39, 0.29) is 25.0 Å². The highest BCUT2D eigenvalue weighted by Crippen LogP contribution is 2.26. The number of ether oxygens (including phenoxy) is 5. The quantitative estimate of drug-likeness (QED) is 0.357. The SMILES string of the molecule is CC(=O)OC(OC(C)=O)[C@@H](C)[C@@H]1C=C[C@H](C)[C@@H](COC(=O)OCC(C)C)O1. The average Bonchev–Trinajstić information content (AvgIpc) is 2.57. The largest absolute Gasteiger partial charge is 0.508 e. The first-order valence-corrected chi connectivity index (χ1v) is 9.07. The third-order valence-electron chi connectivity index (χ3n) is 3.93. The zero-order chi connectivity index (χ0) is 20.6. The Hall–Kier alpha value is -2.09. The second-order valence-electron chi connectivity index (χ2n) is 7.10. The minimum atomic E-state index is -1.07. The maximum Gasteiger partial charge on any atom is 0.508 e. The van der Waals surface area contributed by atoms with Crippen LogP contribution in [0.25, 0.3) is 0 Å². The van der Waals surface area contributed by atoms with Gasteiger partial charge in [-0.15, -0.1) is 0 Å². The fraction of sp³-hybridized carbons (Fsp3) is 0.737. The van der Waals surface area contributed by atoms with Gasteiger partial charge < -0.3 is 23.7 Å². The summed E-state index contributed by atoms with van der Waals surface area (Å²) < 4.78 is 26.3. The van der Waals surface area contributed by atoms with E-state index in [0.717, 1.165) is 0 Å². The molecule has 0 aromatic rings. The smallest absolute Gasteiger partial charge is 0.434 e. The Morgan fingerprint density at radius 2 is 1.59 bits per heavy atom. The van der Waals surface area contributed by atoms with Gasteiger partial charge in [-0.25, -0.2) is 4.79 Å². The van der Waals surface area contributed by atoms with E-state index < -0.39 is 42.5 Å². The lowest BCUT2D eigenvalue weighted by Gasteiger charge is -2.35. The highest BCUT2D eigenvalue weighted by molar-refractivity contribution is 5.68. The maximum atomic E-state index is 11.6. The van der Waals surface area contributed by atoms with Gasteiger partial charge in [-0.05, 0) is 5.92 Å². The molecule has 4 atom stereocenters. The first kappa shape index (κ1) is 23.0. The summed E-state index contributed by atoms with van der Waals surface area (Å²) in [6, 6.07) is 0. The monoisotopic (exact) mass is 386 g/mol. The Bertz CT molecular complexity index is 526. The summed E-state index contributed by atoms with van der Waals surface area (Å²) in [7, 11) is 0. The molecule has 0 aromatic carbocycles. The van der Waals surface area contributed by atoms with Crippen LogP contribution in [0, 0.1) is 17.8 Å². The third-order valence-corrected chi connectivity index (χ3v) is 3.93. The Kier molecular flexibility index (Phi) is 9.28. The minimum Gasteiger partial charge on any atom is -0.434 e. The molecule has 0 saturated heterocycles. The summed E-state index contributed by atoms with van der Waals surface area (Å²) in [4.78, 5) is 34.2. The number of carbonyl (C=O) groups excluding carboxylic acids is 3. The number of hydrogen-bond donors (Lipinski definition) is 0. The molecule has 8 nitrogen and oxygen atoms in total. The van der Waals surface area contributed by atoms with Crippen LogP contribution in [0.4, 0.5) is 4.79 Å². The highest BCUT2D eigenvalue weighted by atomic mass is 16.7. The molecule has 8 heteroatoms. The van der Waals surface area contributed by atoms with Crippen LogP contribution in [-0.2, 0) is 33.3 Å². The molecule has 0 bridgehead atoms. The summed E-state index contributed by atoms with van der Waals surface area (Å²) in [6.45, 7) is 10.3. The molecule has 1 rings (SSSR count). The molecule has 0 radical (unpaired) electrons. The van der Waals surface area contributed by atoms with Crippen LogP contribution in [0.3, 0.4) is 0 Å². The Balaban J connectivity index is 2.66. The van der Waals surface area contributed by atoms with E-state index in [0.29, 0.717) is 0 Å². The van der Waals surface area contributed by atoms with Crippen molar-refractivity contribution in [2.45, 2.75) is 60.0 Å². The standard InChI is InChI=1S/C19H30O8/c1-11(2)9-23-19(22)24-10-17-12(3)7-8-16(27-17)13(4)18(25-14(5)20)26-15(6)21/h7-8,11-13,16-18H,9-10H2,1-6H3/t12-,13-,16-,17+/m0/s1. The number of rotatable bonds is 8. The van der Waals surface area contributed by atoms with Crippen molar-refractivity contribution < 1.29 is 38.1 Å². The number of hydrogen-bond acceptors (Lipinski definition) is 8. The van der Waals surface area contributed by atoms with Crippen molar-refractivity contribution in [1.82, 2.24) is 0 Å². The van der Waals surface area contributed by atoms with Gasteiger partial charge >= 0.3 is 18.1 Å². The molecule has 1 aliphatic rings. The van der Waals surface area contributed by atoms with E-state index in [4.69, 9.17) is 23.7 Å². The molecule has 154 valence electrons. The van der Waals surface area contributed by atoms with Crippen LogP contribution in [0.15, 0.2) is 12.2 Å². The zero-order valence-corrected chi connectivity index (χ0v) is 16.8. The van der Waals surface area contributed by atoms with Gasteiger partial charge in [0.15, 0.2) is 0 Å². The molecule has 0 aliphatic carbocycles. The lowest BCUT2D eigenvalue weighted by atomic mass is 9.95. The molecule has 1 heterocycles. The predicted octanol–water partition coefficient (Wildman–Crippen LogP) is 2.84. The Morgan fingerprint density at radius 1 is 1.00 bits per heavy atom. The lowest BCUT2D eigenvalue weighted by Crippen LogP contribution is -2.42. The van der Waals surface area contributed by atoms with Crippen molar-refractivity contribution in [3.8, 4) is 0 Å². The fourth-order valence-electron chi connectivity index (χ4n) is 2.42. The van der Waals surface area contributed by atoms with E-state index in [1.54, 1.807) is 6.92 Å². The maximum absolute atomic E-state index is 11.6. The molecular weight excluding hydrogens is 356 g/mol. The van der Waals surface area contributed by atoms with Crippen molar-refractivity contribution >= 4 is 18.1 Å². The second-order valence-corrected chi connectivity index (χ2v) is 7.10. The zero-order valence-electron chi connectivity index (χ0n) is 16.8. The molecule has 0 aromatic heterocycles. The lowest BCUT2D eigenvalue weighted by molar-refractivity contribution is -0.204. The van der Waals surface area contributed by atoms with Crippen molar-refractivity contribution in [1.29, 1.82) is 0 Å². The number of esters is 2. The fourth-order valence-corrected chi connectivity index (χ4v) is 2.42. The molecule has 0 saturated carbocycles. The normalized spacial score (nSPS) is 23.0. The average molecular weight is 386 g/mol. The van der Waals surface area contributed by atoms with Gasteiger partial charge in [0, 0.05) is 19.8 Å². The van der Waals surface area contributed by atoms with Crippen LogP contribution >= 0.6 is 0 Å².